The van der Waals surface area contributed by atoms with Crippen LogP contribution in [0.1, 0.15) is 27.7 Å². The first-order valence-corrected chi connectivity index (χ1v) is 41.2. The van der Waals surface area contributed by atoms with E-state index in [0.717, 1.165) is 88.3 Å². The Kier molecular flexibility index (Phi) is 18.4. The van der Waals surface area contributed by atoms with Gasteiger partial charge in [-0.05, 0) is 195 Å². The molecule has 23 rings (SSSR count). The normalized spacial score (nSPS) is 13.1. The fourth-order valence-electron chi connectivity index (χ4n) is 17.5. The molecule has 0 radical (unpaired) electrons. The van der Waals surface area contributed by atoms with Crippen LogP contribution in [0.4, 0.5) is 0 Å². The van der Waals surface area contributed by atoms with Crippen LogP contribution in [0.2, 0.25) is 5.02 Å². The van der Waals surface area contributed by atoms with E-state index in [1.165, 1.54) is 115 Å². The molecule has 4 aromatic heterocycles. The highest BCUT2D eigenvalue weighted by Gasteiger charge is 2.51. The average molecular weight is 1560 g/mol. The molecule has 0 aliphatic carbocycles. The summed E-state index contributed by atoms with van der Waals surface area (Å²) in [4.78, 5) is 19.9. The van der Waals surface area contributed by atoms with E-state index >= 15 is 0 Å². The Morgan fingerprint density at radius 3 is 0.958 bits per heavy atom. The van der Waals surface area contributed by atoms with Gasteiger partial charge >= 0.3 is 7.12 Å². The number of aromatic nitrogens is 6. The number of halogens is 1. The second-order valence-electron chi connectivity index (χ2n) is 32.0. The summed E-state index contributed by atoms with van der Waals surface area (Å²) in [5.41, 5.74) is 26.8. The lowest BCUT2D eigenvalue weighted by atomic mass is 9.78. The third kappa shape index (κ3) is 13.3. The maximum atomic E-state index is 6.29. The summed E-state index contributed by atoms with van der Waals surface area (Å²) in [5.74, 6) is 0. The summed E-state index contributed by atoms with van der Waals surface area (Å²) in [6.45, 7) is 8.36. The number of hydrogen-bond donors (Lipinski definition) is 0. The van der Waals surface area contributed by atoms with Crippen LogP contribution >= 0.6 is 11.6 Å². The first-order chi connectivity index (χ1) is 58.9. The quantitative estimate of drug-likeness (QED) is 0.100. The molecule has 22 aromatic rings. The molecule has 0 N–H and O–H groups in total. The lowest BCUT2D eigenvalue weighted by Gasteiger charge is -2.32. The van der Waals surface area contributed by atoms with Crippen LogP contribution in [0.15, 0.2) is 401 Å². The highest BCUT2D eigenvalue weighted by Crippen LogP contribution is 2.43. The summed E-state index contributed by atoms with van der Waals surface area (Å²) in [6, 6.07) is 137. The second-order valence-corrected chi connectivity index (χ2v) is 32.4. The topological polar surface area (TPSA) is 79.9 Å². The molecule has 0 spiro atoms. The van der Waals surface area contributed by atoms with Crippen molar-refractivity contribution >= 4 is 133 Å². The summed E-state index contributed by atoms with van der Waals surface area (Å²) >= 11 is 6.14. The zero-order valence-electron chi connectivity index (χ0n) is 66.6. The van der Waals surface area contributed by atoms with Gasteiger partial charge in [-0.25, -0.2) is 9.97 Å². The van der Waals surface area contributed by atoms with E-state index in [2.05, 4.69) is 389 Å². The molecule has 1 fully saturated rings. The lowest BCUT2D eigenvalue weighted by Crippen LogP contribution is -2.41. The molecule has 1 aliphatic rings. The molecule has 18 aromatic carbocycles. The molecule has 5 heterocycles. The van der Waals surface area contributed by atoms with Gasteiger partial charge in [-0.1, -0.05) is 315 Å². The Labute approximate surface area is 700 Å². The number of fused-ring (bicyclic) bond motifs is 18. The van der Waals surface area contributed by atoms with Crippen molar-refractivity contribution in [3.8, 4) is 89.5 Å². The van der Waals surface area contributed by atoms with Gasteiger partial charge in [-0.3, -0.25) is 9.97 Å². The second kappa shape index (κ2) is 30.2. The molecule has 0 amide bonds. The molecule has 1 aliphatic heterocycles. The first kappa shape index (κ1) is 73.2. The molecule has 570 valence electrons. The van der Waals surface area contributed by atoms with Crippen molar-refractivity contribution in [2.24, 2.45) is 0 Å². The monoisotopic (exact) mass is 1560 g/mol. The van der Waals surface area contributed by atoms with Gasteiger partial charge < -0.3 is 18.4 Å². The molecule has 120 heavy (non-hydrogen) atoms. The number of rotatable bonds is 10. The Hall–Kier alpha value is -14.4. The van der Waals surface area contributed by atoms with Gasteiger partial charge in [0, 0.05) is 70.6 Å². The van der Waals surface area contributed by atoms with Gasteiger partial charge in [-0.15, -0.1) is 0 Å². The molecule has 0 bridgehead atoms. The lowest BCUT2D eigenvalue weighted by molar-refractivity contribution is 0.00578. The summed E-state index contributed by atoms with van der Waals surface area (Å²) < 4.78 is 17.3. The van der Waals surface area contributed by atoms with E-state index in [1.807, 2.05) is 48.8 Å². The highest BCUT2D eigenvalue weighted by atomic mass is 35.5. The van der Waals surface area contributed by atoms with E-state index in [9.17, 15) is 0 Å². The van der Waals surface area contributed by atoms with E-state index in [0.29, 0.717) is 5.02 Å². The Balaban J connectivity index is 0.000000120. The molecular weight excluding hydrogens is 1480 g/mol. The fraction of sp³-hybridized carbons (Fsp3) is 0.0545. The average Bonchev–Trinajstić information content (AvgIpc) is 1.71. The number of nitrogens with zero attached hydrogens (tertiary/aromatic N) is 6. The van der Waals surface area contributed by atoms with Crippen molar-refractivity contribution in [3.05, 3.63) is 406 Å². The molecule has 1 saturated heterocycles. The number of hydrogen-bond acceptors (Lipinski definition) is 6. The fourth-order valence-corrected chi connectivity index (χ4v) is 17.7. The van der Waals surface area contributed by atoms with Crippen LogP contribution < -0.4 is 5.46 Å². The Bertz CT molecular complexity index is 7670. The van der Waals surface area contributed by atoms with Crippen molar-refractivity contribution in [1.29, 1.82) is 0 Å². The molecule has 8 nitrogen and oxygen atoms in total. The highest BCUT2D eigenvalue weighted by molar-refractivity contribution is 6.62. The van der Waals surface area contributed by atoms with E-state index in [1.54, 1.807) is 0 Å². The van der Waals surface area contributed by atoms with Crippen LogP contribution in [0.5, 0.6) is 0 Å². The summed E-state index contributed by atoms with van der Waals surface area (Å²) in [5, 5.41) is 15.0. The van der Waals surface area contributed by atoms with E-state index < -0.39 is 0 Å². The van der Waals surface area contributed by atoms with Gasteiger partial charge in [0.15, 0.2) is 0 Å². The Morgan fingerprint density at radius 2 is 0.542 bits per heavy atom. The van der Waals surface area contributed by atoms with Crippen molar-refractivity contribution in [3.63, 3.8) is 0 Å². The van der Waals surface area contributed by atoms with Gasteiger partial charge in [0.05, 0.1) is 79.1 Å². The van der Waals surface area contributed by atoms with Crippen LogP contribution in [-0.2, 0) is 9.31 Å². The minimum atomic E-state index is -0.367. The predicted octanol–water partition coefficient (Wildman–Crippen LogP) is 28.4. The molecular formula is C110H78BClN6O2. The van der Waals surface area contributed by atoms with Crippen LogP contribution in [0.25, 0.3) is 198 Å². The van der Waals surface area contributed by atoms with Crippen molar-refractivity contribution < 1.29 is 9.31 Å². The third-order valence-corrected chi connectivity index (χ3v) is 24.5. The standard InChI is InChI=1S/C52H33N3.C36H32BNO2.C22H13ClN2/c1-2-16-41(17-3-1)55-49-23-9-8-20-44(49)47-32-39(28-29-50(47)55)35-26-24-34(25-27-35)36-12-10-13-37(30-36)38-14-11-15-40(31-38)48-33-53-51-45-21-6-4-18-42(45)43-19-5-7-22-46(43)52(51)54-48;1-35(2)36(3,4)40-37(39-35)29-12-10-11-27(23-29)25-17-19-26(20-18-25)28-21-22-34-32(24-28)31-15-8-9-16-33(31)38(34)30-13-6-5-7-14-30;23-15-7-5-6-14(12-15)20-13-24-21-18-10-3-1-8-16(18)17-9-2-4-11-19(17)22(21)25-20/h1-33H;5-24H,1-4H3;1-13H. The minimum Gasteiger partial charge on any atom is -0.399 e. The Morgan fingerprint density at radius 1 is 0.242 bits per heavy atom. The van der Waals surface area contributed by atoms with Crippen LogP contribution in [0, 0.1) is 0 Å². The summed E-state index contributed by atoms with van der Waals surface area (Å²) in [7, 11) is -0.367. The van der Waals surface area contributed by atoms with Gasteiger partial charge in [0.25, 0.3) is 0 Å². The van der Waals surface area contributed by atoms with E-state index in [-0.39, 0.29) is 18.3 Å². The maximum Gasteiger partial charge on any atom is 0.494 e. The van der Waals surface area contributed by atoms with Crippen molar-refractivity contribution in [1.82, 2.24) is 29.1 Å². The van der Waals surface area contributed by atoms with Gasteiger partial charge in [-0.2, -0.15) is 0 Å². The molecule has 10 heteroatoms. The number of benzene rings is 18. The van der Waals surface area contributed by atoms with Crippen LogP contribution in [-0.4, -0.2) is 47.4 Å². The van der Waals surface area contributed by atoms with Gasteiger partial charge in [0.2, 0.25) is 0 Å². The smallest absolute Gasteiger partial charge is 0.399 e. The zero-order valence-corrected chi connectivity index (χ0v) is 67.3. The molecule has 0 saturated carbocycles. The van der Waals surface area contributed by atoms with E-state index in [4.69, 9.17) is 40.8 Å². The van der Waals surface area contributed by atoms with Crippen molar-refractivity contribution in [2.45, 2.75) is 38.9 Å². The SMILES string of the molecule is CC1(C)OB(c2cccc(-c3ccc(-c4ccc5c(c4)c4ccccc4n5-c4ccccc4)cc3)c2)OC1(C)C.Clc1cccc(-c2cnc3c4ccccc4c4ccccc4c3n2)c1.c1ccc(-n2c3ccccc3c3cc(-c4ccc(-c5cccc(-c6cccc(-c7cnc8c9ccccc9c9ccccc9c8n7)c6)c5)cc4)ccc32)cc1. The summed E-state index contributed by atoms with van der Waals surface area (Å²) in [6.07, 6.45) is 3.74. The predicted molar refractivity (Wildman–Crippen MR) is 503 cm³/mol. The first-order valence-electron chi connectivity index (χ1n) is 40.8. The van der Waals surface area contributed by atoms with Crippen LogP contribution in [0.3, 0.4) is 0 Å². The minimum absolute atomic E-state index is 0.357. The number of para-hydroxylation sites is 4. The maximum absolute atomic E-state index is 6.29. The van der Waals surface area contributed by atoms with Crippen molar-refractivity contribution in [2.75, 3.05) is 0 Å². The largest absolute Gasteiger partial charge is 0.494 e. The molecule has 0 unspecified atom stereocenters. The molecule has 0 atom stereocenters. The van der Waals surface area contributed by atoms with Gasteiger partial charge in [0.1, 0.15) is 0 Å². The third-order valence-electron chi connectivity index (χ3n) is 24.2. The zero-order chi connectivity index (χ0) is 80.6.